The lowest BCUT2D eigenvalue weighted by atomic mass is 9.93. The van der Waals surface area contributed by atoms with Gasteiger partial charge in [-0.1, -0.05) is 43.9 Å². The molecule has 2 nitrogen and oxygen atoms in total. The van der Waals surface area contributed by atoms with Gasteiger partial charge in [0.25, 0.3) is 0 Å². The number of rotatable bonds is 7. The standard InChI is InChI=1S/C18H29ClN2/c1-3-12-20-14-15-10-11-17(13-18(15)19)21(4-2)16-8-6-5-7-9-16/h10-11,13,16,20H,3-9,12,14H2,1-2H3. The van der Waals surface area contributed by atoms with Crippen molar-refractivity contribution in [3.05, 3.63) is 28.8 Å². The summed E-state index contributed by atoms with van der Waals surface area (Å²) in [7, 11) is 0. The maximum Gasteiger partial charge on any atom is 0.0471 e. The van der Waals surface area contributed by atoms with Crippen molar-refractivity contribution >= 4 is 17.3 Å². The van der Waals surface area contributed by atoms with E-state index in [0.29, 0.717) is 6.04 Å². The Labute approximate surface area is 134 Å². The largest absolute Gasteiger partial charge is 0.369 e. The summed E-state index contributed by atoms with van der Waals surface area (Å²) < 4.78 is 0. The van der Waals surface area contributed by atoms with E-state index >= 15 is 0 Å². The van der Waals surface area contributed by atoms with Gasteiger partial charge in [0, 0.05) is 29.8 Å². The topological polar surface area (TPSA) is 15.3 Å². The van der Waals surface area contributed by atoms with Crippen molar-refractivity contribution in [2.24, 2.45) is 0 Å². The van der Waals surface area contributed by atoms with Gasteiger partial charge in [-0.3, -0.25) is 0 Å². The van der Waals surface area contributed by atoms with E-state index in [-0.39, 0.29) is 0 Å². The van der Waals surface area contributed by atoms with Gasteiger partial charge in [0.05, 0.1) is 0 Å². The van der Waals surface area contributed by atoms with Gasteiger partial charge in [-0.2, -0.15) is 0 Å². The average molecular weight is 309 g/mol. The molecule has 2 rings (SSSR count). The molecule has 0 unspecified atom stereocenters. The molecule has 0 heterocycles. The summed E-state index contributed by atoms with van der Waals surface area (Å²) in [6.07, 6.45) is 7.94. The van der Waals surface area contributed by atoms with Crippen molar-refractivity contribution in [3.8, 4) is 0 Å². The van der Waals surface area contributed by atoms with Gasteiger partial charge >= 0.3 is 0 Å². The smallest absolute Gasteiger partial charge is 0.0471 e. The van der Waals surface area contributed by atoms with Crippen LogP contribution in [0.25, 0.3) is 0 Å². The SMILES string of the molecule is CCCNCc1ccc(N(CC)C2CCCCC2)cc1Cl. The Bertz CT molecular complexity index is 427. The number of nitrogens with zero attached hydrogens (tertiary/aromatic N) is 1. The van der Waals surface area contributed by atoms with E-state index in [1.54, 1.807) is 0 Å². The minimum Gasteiger partial charge on any atom is -0.369 e. The van der Waals surface area contributed by atoms with Gasteiger partial charge in [0.15, 0.2) is 0 Å². The second kappa shape index (κ2) is 8.65. The van der Waals surface area contributed by atoms with Crippen LogP contribution in [0, 0.1) is 0 Å². The highest BCUT2D eigenvalue weighted by Gasteiger charge is 2.20. The first-order chi connectivity index (χ1) is 10.3. The number of hydrogen-bond donors (Lipinski definition) is 1. The van der Waals surface area contributed by atoms with Crippen LogP contribution >= 0.6 is 11.6 Å². The summed E-state index contributed by atoms with van der Waals surface area (Å²) in [4.78, 5) is 2.54. The third kappa shape index (κ3) is 4.62. The molecular formula is C18H29ClN2. The minimum atomic E-state index is 0.698. The van der Waals surface area contributed by atoms with E-state index in [4.69, 9.17) is 11.6 Å². The predicted molar refractivity (Wildman–Crippen MR) is 93.3 cm³/mol. The lowest BCUT2D eigenvalue weighted by molar-refractivity contribution is 0.418. The summed E-state index contributed by atoms with van der Waals surface area (Å²) in [5, 5.41) is 4.31. The Kier molecular flexibility index (Phi) is 6.85. The molecule has 0 amide bonds. The molecule has 1 saturated carbocycles. The average Bonchev–Trinajstić information content (AvgIpc) is 2.51. The van der Waals surface area contributed by atoms with Gasteiger partial charge in [0.2, 0.25) is 0 Å². The molecule has 1 N–H and O–H groups in total. The molecule has 0 saturated heterocycles. The molecule has 0 bridgehead atoms. The van der Waals surface area contributed by atoms with Crippen LogP contribution in [-0.4, -0.2) is 19.1 Å². The first kappa shape index (κ1) is 16.6. The molecule has 21 heavy (non-hydrogen) atoms. The maximum atomic E-state index is 6.48. The number of benzene rings is 1. The fourth-order valence-corrected chi connectivity index (χ4v) is 3.54. The molecule has 1 aliphatic rings. The van der Waals surface area contributed by atoms with E-state index in [1.807, 2.05) is 0 Å². The van der Waals surface area contributed by atoms with E-state index in [0.717, 1.165) is 31.1 Å². The van der Waals surface area contributed by atoms with Crippen LogP contribution in [0.3, 0.4) is 0 Å². The lowest BCUT2D eigenvalue weighted by Crippen LogP contribution is -2.36. The normalized spacial score (nSPS) is 16.1. The fourth-order valence-electron chi connectivity index (χ4n) is 3.30. The zero-order valence-corrected chi connectivity index (χ0v) is 14.3. The number of hydrogen-bond acceptors (Lipinski definition) is 2. The van der Waals surface area contributed by atoms with E-state index in [1.165, 1.54) is 43.4 Å². The van der Waals surface area contributed by atoms with Gasteiger partial charge in [-0.15, -0.1) is 0 Å². The molecule has 1 aromatic rings. The molecule has 118 valence electrons. The molecule has 1 aromatic carbocycles. The van der Waals surface area contributed by atoms with E-state index in [9.17, 15) is 0 Å². The molecule has 0 aliphatic heterocycles. The Hall–Kier alpha value is -0.730. The second-order valence-electron chi connectivity index (χ2n) is 6.03. The number of halogens is 1. The molecule has 3 heteroatoms. The number of anilines is 1. The van der Waals surface area contributed by atoms with E-state index < -0.39 is 0 Å². The lowest BCUT2D eigenvalue weighted by Gasteiger charge is -2.35. The summed E-state index contributed by atoms with van der Waals surface area (Å²) in [6, 6.07) is 7.28. The van der Waals surface area contributed by atoms with Crippen molar-refractivity contribution in [1.29, 1.82) is 0 Å². The third-order valence-corrected chi connectivity index (χ3v) is 4.82. The van der Waals surface area contributed by atoms with Crippen molar-refractivity contribution in [2.75, 3.05) is 18.0 Å². The van der Waals surface area contributed by atoms with Gasteiger partial charge in [-0.25, -0.2) is 0 Å². The van der Waals surface area contributed by atoms with Crippen LogP contribution in [0.4, 0.5) is 5.69 Å². The first-order valence-electron chi connectivity index (χ1n) is 8.52. The fraction of sp³-hybridized carbons (Fsp3) is 0.667. The highest BCUT2D eigenvalue weighted by Crippen LogP contribution is 2.30. The van der Waals surface area contributed by atoms with Gasteiger partial charge < -0.3 is 10.2 Å². The molecule has 1 fully saturated rings. The summed E-state index contributed by atoms with van der Waals surface area (Å²) in [5.74, 6) is 0. The van der Waals surface area contributed by atoms with Gasteiger partial charge in [-0.05, 0) is 50.4 Å². The number of nitrogens with one attached hydrogen (secondary N) is 1. The van der Waals surface area contributed by atoms with Crippen LogP contribution < -0.4 is 10.2 Å². The van der Waals surface area contributed by atoms with Crippen molar-refractivity contribution in [1.82, 2.24) is 5.32 Å². The van der Waals surface area contributed by atoms with Crippen LogP contribution in [0.15, 0.2) is 18.2 Å². The molecular weight excluding hydrogens is 280 g/mol. The highest BCUT2D eigenvalue weighted by atomic mass is 35.5. The van der Waals surface area contributed by atoms with Crippen LogP contribution in [0.5, 0.6) is 0 Å². The molecule has 0 atom stereocenters. The Morgan fingerprint density at radius 1 is 1.19 bits per heavy atom. The van der Waals surface area contributed by atoms with Crippen molar-refractivity contribution in [3.63, 3.8) is 0 Å². The van der Waals surface area contributed by atoms with E-state index in [2.05, 4.69) is 42.3 Å². The van der Waals surface area contributed by atoms with Crippen LogP contribution in [-0.2, 0) is 6.54 Å². The monoisotopic (exact) mass is 308 g/mol. The van der Waals surface area contributed by atoms with Crippen molar-refractivity contribution < 1.29 is 0 Å². The second-order valence-corrected chi connectivity index (χ2v) is 6.44. The Balaban J connectivity index is 2.05. The quantitative estimate of drug-likeness (QED) is 0.713. The minimum absolute atomic E-state index is 0.698. The Morgan fingerprint density at radius 3 is 2.57 bits per heavy atom. The highest BCUT2D eigenvalue weighted by molar-refractivity contribution is 6.31. The van der Waals surface area contributed by atoms with Crippen LogP contribution in [0.2, 0.25) is 5.02 Å². The third-order valence-electron chi connectivity index (χ3n) is 4.47. The summed E-state index contributed by atoms with van der Waals surface area (Å²) >= 11 is 6.48. The van der Waals surface area contributed by atoms with Crippen molar-refractivity contribution in [2.45, 2.75) is 65.0 Å². The zero-order valence-electron chi connectivity index (χ0n) is 13.5. The molecule has 0 aromatic heterocycles. The maximum absolute atomic E-state index is 6.48. The van der Waals surface area contributed by atoms with Gasteiger partial charge in [0.1, 0.15) is 0 Å². The van der Waals surface area contributed by atoms with Crippen LogP contribution in [0.1, 0.15) is 57.9 Å². The molecule has 0 spiro atoms. The molecule has 0 radical (unpaired) electrons. The molecule has 1 aliphatic carbocycles. The Morgan fingerprint density at radius 2 is 1.95 bits per heavy atom. The predicted octanol–water partition coefficient (Wildman–Crippen LogP) is 5.00. The first-order valence-corrected chi connectivity index (χ1v) is 8.89. The zero-order chi connectivity index (χ0) is 15.1. The summed E-state index contributed by atoms with van der Waals surface area (Å²) in [6.45, 7) is 7.40. The summed E-state index contributed by atoms with van der Waals surface area (Å²) in [5.41, 5.74) is 2.49.